The summed E-state index contributed by atoms with van der Waals surface area (Å²) in [4.78, 5) is 13.1. The van der Waals surface area contributed by atoms with E-state index in [1.165, 1.54) is 4.31 Å². The predicted molar refractivity (Wildman–Crippen MR) is 112 cm³/mol. The number of carbonyl (C=O) groups is 1. The molecule has 1 amide bonds. The second kappa shape index (κ2) is 8.26. The normalized spacial score (nSPS) is 21.9. The molecule has 2 aliphatic heterocycles. The maximum Gasteiger partial charge on any atom is 0.229 e. The van der Waals surface area contributed by atoms with Crippen molar-refractivity contribution in [1.82, 2.24) is 4.31 Å². The fourth-order valence-electron chi connectivity index (χ4n) is 4.41. The average molecular weight is 415 g/mol. The van der Waals surface area contributed by atoms with Crippen molar-refractivity contribution in [2.75, 3.05) is 31.6 Å². The number of amides is 1. The number of ether oxygens (including phenoxy) is 1. The molecule has 1 unspecified atom stereocenters. The largest absolute Gasteiger partial charge is 0.381 e. The van der Waals surface area contributed by atoms with E-state index in [9.17, 15) is 13.2 Å². The van der Waals surface area contributed by atoms with Crippen LogP contribution in [0.3, 0.4) is 0 Å². The summed E-state index contributed by atoms with van der Waals surface area (Å²) in [6.07, 6.45) is 1.38. The van der Waals surface area contributed by atoms with E-state index in [0.717, 1.165) is 11.3 Å². The zero-order valence-corrected chi connectivity index (χ0v) is 17.1. The lowest BCUT2D eigenvalue weighted by atomic mass is 9.72. The lowest BCUT2D eigenvalue weighted by Gasteiger charge is -2.37. The Kier molecular flexibility index (Phi) is 5.72. The number of benzene rings is 2. The molecular weight excluding hydrogens is 388 g/mol. The highest BCUT2D eigenvalue weighted by Crippen LogP contribution is 2.45. The van der Waals surface area contributed by atoms with Crippen molar-refractivity contribution in [2.24, 2.45) is 11.3 Å². The number of rotatable bonds is 5. The Hall–Kier alpha value is -2.22. The summed E-state index contributed by atoms with van der Waals surface area (Å²) < 4.78 is 33.3. The van der Waals surface area contributed by atoms with Crippen molar-refractivity contribution in [3.05, 3.63) is 66.2 Å². The minimum Gasteiger partial charge on any atom is -0.381 e. The molecule has 1 spiro atoms. The zero-order valence-electron chi connectivity index (χ0n) is 16.3. The lowest BCUT2D eigenvalue weighted by molar-refractivity contribution is -0.124. The molecule has 2 fully saturated rings. The van der Waals surface area contributed by atoms with E-state index in [1.54, 1.807) is 0 Å². The highest BCUT2D eigenvalue weighted by molar-refractivity contribution is 7.88. The van der Waals surface area contributed by atoms with Crippen molar-refractivity contribution in [2.45, 2.75) is 18.6 Å². The molecule has 0 aromatic heterocycles. The Morgan fingerprint density at radius 3 is 2.31 bits per heavy atom. The van der Waals surface area contributed by atoms with E-state index in [2.05, 4.69) is 5.32 Å². The summed E-state index contributed by atoms with van der Waals surface area (Å²) in [5.41, 5.74) is 1.11. The van der Waals surface area contributed by atoms with Crippen molar-refractivity contribution < 1.29 is 17.9 Å². The predicted octanol–water partition coefficient (Wildman–Crippen LogP) is 2.88. The van der Waals surface area contributed by atoms with E-state index in [1.807, 2.05) is 60.7 Å². The Morgan fingerprint density at radius 2 is 1.66 bits per heavy atom. The number of nitrogens with one attached hydrogen (secondary N) is 1. The molecule has 2 heterocycles. The van der Waals surface area contributed by atoms with Gasteiger partial charge in [-0.3, -0.25) is 4.79 Å². The fourth-order valence-corrected chi connectivity index (χ4v) is 6.03. The minimum absolute atomic E-state index is 0.0482. The summed E-state index contributed by atoms with van der Waals surface area (Å²) in [5, 5.41) is 2.98. The quantitative estimate of drug-likeness (QED) is 0.816. The lowest BCUT2D eigenvalue weighted by Crippen LogP contribution is -2.42. The molecule has 29 heavy (non-hydrogen) atoms. The molecule has 0 bridgehead atoms. The molecule has 1 N–H and O–H groups in total. The van der Waals surface area contributed by atoms with E-state index in [0.29, 0.717) is 32.6 Å². The van der Waals surface area contributed by atoms with Gasteiger partial charge in [0, 0.05) is 37.4 Å². The van der Waals surface area contributed by atoms with Gasteiger partial charge < -0.3 is 10.1 Å². The summed E-state index contributed by atoms with van der Waals surface area (Å²) in [7, 11) is -3.52. The molecule has 154 valence electrons. The number of carbonyl (C=O) groups excluding carboxylic acids is 1. The van der Waals surface area contributed by atoms with Crippen LogP contribution in [0.2, 0.25) is 0 Å². The molecule has 7 heteroatoms. The summed E-state index contributed by atoms with van der Waals surface area (Å²) >= 11 is 0. The molecule has 6 nitrogen and oxygen atoms in total. The maximum atomic E-state index is 13.1. The minimum atomic E-state index is -3.52. The smallest absolute Gasteiger partial charge is 0.229 e. The Labute approximate surface area is 171 Å². The average Bonchev–Trinajstić information content (AvgIpc) is 3.09. The summed E-state index contributed by atoms with van der Waals surface area (Å²) in [5.74, 6) is -0.555. The first-order valence-corrected chi connectivity index (χ1v) is 11.5. The Balaban J connectivity index is 1.56. The van der Waals surface area contributed by atoms with Gasteiger partial charge in [-0.15, -0.1) is 0 Å². The second-order valence-corrected chi connectivity index (χ2v) is 9.89. The van der Waals surface area contributed by atoms with Crippen LogP contribution in [0, 0.1) is 11.3 Å². The molecule has 0 saturated carbocycles. The van der Waals surface area contributed by atoms with Crippen LogP contribution in [0.4, 0.5) is 5.69 Å². The monoisotopic (exact) mass is 414 g/mol. The van der Waals surface area contributed by atoms with Crippen molar-refractivity contribution >= 4 is 21.6 Å². The van der Waals surface area contributed by atoms with Gasteiger partial charge in [0.15, 0.2) is 0 Å². The Morgan fingerprint density at radius 1 is 1.03 bits per heavy atom. The summed E-state index contributed by atoms with van der Waals surface area (Å²) in [6.45, 7) is 1.70. The molecule has 2 saturated heterocycles. The number of sulfonamides is 1. The van der Waals surface area contributed by atoms with Gasteiger partial charge in [-0.25, -0.2) is 12.7 Å². The number of hydrogen-bond donors (Lipinski definition) is 1. The van der Waals surface area contributed by atoms with Gasteiger partial charge >= 0.3 is 0 Å². The molecule has 4 rings (SSSR count). The molecular formula is C22H26N2O4S. The van der Waals surface area contributed by atoms with Crippen LogP contribution in [0.25, 0.3) is 0 Å². The van der Waals surface area contributed by atoms with Gasteiger partial charge in [0.05, 0.1) is 11.7 Å². The van der Waals surface area contributed by atoms with Crippen molar-refractivity contribution in [1.29, 1.82) is 0 Å². The van der Waals surface area contributed by atoms with Crippen LogP contribution in [0.5, 0.6) is 0 Å². The van der Waals surface area contributed by atoms with Crippen LogP contribution >= 0.6 is 0 Å². The first-order chi connectivity index (χ1) is 14.0. The third-order valence-electron chi connectivity index (χ3n) is 6.05. The fraction of sp³-hybridized carbons (Fsp3) is 0.409. The van der Waals surface area contributed by atoms with Crippen LogP contribution in [-0.4, -0.2) is 44.9 Å². The molecule has 0 aliphatic carbocycles. The van der Waals surface area contributed by atoms with Crippen molar-refractivity contribution in [3.63, 3.8) is 0 Å². The third-order valence-corrected chi connectivity index (χ3v) is 7.81. The first kappa shape index (κ1) is 20.1. The SMILES string of the molecule is O=C(Nc1ccccc1)C1CN(S(=O)(=O)Cc2ccccc2)CC12CCOCC2. The number of para-hydroxylation sites is 1. The van der Waals surface area contributed by atoms with Gasteiger partial charge in [0.2, 0.25) is 15.9 Å². The summed E-state index contributed by atoms with van der Waals surface area (Å²) in [6, 6.07) is 18.5. The van der Waals surface area contributed by atoms with E-state index >= 15 is 0 Å². The van der Waals surface area contributed by atoms with Gasteiger partial charge in [0.1, 0.15) is 0 Å². The van der Waals surface area contributed by atoms with Gasteiger partial charge in [0.25, 0.3) is 0 Å². The van der Waals surface area contributed by atoms with Crippen LogP contribution in [0.15, 0.2) is 60.7 Å². The van der Waals surface area contributed by atoms with Crippen LogP contribution in [-0.2, 0) is 25.3 Å². The van der Waals surface area contributed by atoms with Gasteiger partial charge in [-0.2, -0.15) is 0 Å². The maximum absolute atomic E-state index is 13.1. The van der Waals surface area contributed by atoms with E-state index < -0.39 is 15.9 Å². The van der Waals surface area contributed by atoms with Gasteiger partial charge in [-0.05, 0) is 30.5 Å². The van der Waals surface area contributed by atoms with Crippen LogP contribution in [0.1, 0.15) is 18.4 Å². The standard InChI is InChI=1S/C22H26N2O4S/c25-21(23-19-9-5-2-6-10-19)20-15-24(17-22(20)11-13-28-14-12-22)29(26,27)16-18-7-3-1-4-8-18/h1-10,20H,11-17H2,(H,23,25). The third kappa shape index (κ3) is 4.37. The highest BCUT2D eigenvalue weighted by Gasteiger charge is 2.53. The van der Waals surface area contributed by atoms with Gasteiger partial charge in [-0.1, -0.05) is 48.5 Å². The number of anilines is 1. The topological polar surface area (TPSA) is 75.7 Å². The molecule has 2 aromatic carbocycles. The molecule has 2 aliphatic rings. The molecule has 1 atom stereocenters. The zero-order chi connectivity index (χ0) is 20.3. The molecule has 0 radical (unpaired) electrons. The number of hydrogen-bond acceptors (Lipinski definition) is 4. The second-order valence-electron chi connectivity index (χ2n) is 7.92. The molecule has 2 aromatic rings. The van der Waals surface area contributed by atoms with Crippen LogP contribution < -0.4 is 5.32 Å². The van der Waals surface area contributed by atoms with E-state index in [4.69, 9.17) is 4.74 Å². The number of nitrogens with zero attached hydrogens (tertiary/aromatic N) is 1. The van der Waals surface area contributed by atoms with Crippen molar-refractivity contribution in [3.8, 4) is 0 Å². The highest BCUT2D eigenvalue weighted by atomic mass is 32.2. The first-order valence-electron chi connectivity index (χ1n) is 9.94. The Bertz CT molecular complexity index is 941. The van der Waals surface area contributed by atoms with E-state index in [-0.39, 0.29) is 23.6 Å².